The van der Waals surface area contributed by atoms with E-state index in [0.29, 0.717) is 11.5 Å². The minimum Gasteiger partial charge on any atom is -0.291 e. The molecule has 66 valence electrons. The van der Waals surface area contributed by atoms with E-state index in [1.54, 1.807) is 16.7 Å². The minimum atomic E-state index is -0.0920. The predicted molar refractivity (Wildman–Crippen MR) is 50.7 cm³/mol. The quantitative estimate of drug-likeness (QED) is 0.712. The van der Waals surface area contributed by atoms with Crippen LogP contribution in [-0.2, 0) is 0 Å². The molecule has 0 aliphatic rings. The minimum absolute atomic E-state index is 0.0920. The molecule has 0 bridgehead atoms. The van der Waals surface area contributed by atoms with Gasteiger partial charge in [-0.05, 0) is 28.1 Å². The highest BCUT2D eigenvalue weighted by Gasteiger charge is 2.08. The molecular weight excluding hydrogens is 234 g/mol. The van der Waals surface area contributed by atoms with Gasteiger partial charge in [0.1, 0.15) is 0 Å². The molecule has 2 aromatic rings. The Bertz CT molecular complexity index is 477. The third-order valence-electron chi connectivity index (χ3n) is 1.68. The second-order valence-electron chi connectivity index (χ2n) is 2.66. The number of halogens is 1. The van der Waals surface area contributed by atoms with Gasteiger partial charge in [-0.1, -0.05) is 0 Å². The summed E-state index contributed by atoms with van der Waals surface area (Å²) in [7, 11) is 0. The molecule has 0 amide bonds. The fourth-order valence-corrected chi connectivity index (χ4v) is 1.44. The third-order valence-corrected chi connectivity index (χ3v) is 2.15. The van der Waals surface area contributed by atoms with Crippen molar-refractivity contribution in [2.24, 2.45) is 0 Å². The first-order valence-electron chi connectivity index (χ1n) is 3.70. The second-order valence-corrected chi connectivity index (χ2v) is 3.57. The van der Waals surface area contributed by atoms with E-state index in [9.17, 15) is 4.79 Å². The molecule has 0 atom stereocenters. The fraction of sp³-hybridized carbons (Fsp3) is 0.125. The summed E-state index contributed by atoms with van der Waals surface area (Å²) in [6, 6.07) is 3.65. The molecule has 0 radical (unpaired) electrons. The van der Waals surface area contributed by atoms with Gasteiger partial charge in [0.15, 0.2) is 11.4 Å². The standard InChI is InChI=1S/C8H6BrN3O/c1-5(13)8-11-10-7-3-2-6(9)4-12(7)8/h2-4H,1H3. The monoisotopic (exact) mass is 239 g/mol. The number of Topliss-reactive ketones (excluding diaryl/α,β-unsaturated/α-hetero) is 1. The van der Waals surface area contributed by atoms with E-state index < -0.39 is 0 Å². The summed E-state index contributed by atoms with van der Waals surface area (Å²) < 4.78 is 2.55. The summed E-state index contributed by atoms with van der Waals surface area (Å²) in [5.41, 5.74) is 0.674. The van der Waals surface area contributed by atoms with Crippen molar-refractivity contribution in [2.75, 3.05) is 0 Å². The van der Waals surface area contributed by atoms with Crippen LogP contribution in [0.15, 0.2) is 22.8 Å². The van der Waals surface area contributed by atoms with E-state index in [1.807, 2.05) is 6.07 Å². The first kappa shape index (κ1) is 8.37. The lowest BCUT2D eigenvalue weighted by Gasteiger charge is -1.95. The number of hydrogen-bond acceptors (Lipinski definition) is 3. The van der Waals surface area contributed by atoms with Gasteiger partial charge in [-0.2, -0.15) is 0 Å². The molecule has 4 nitrogen and oxygen atoms in total. The van der Waals surface area contributed by atoms with E-state index in [2.05, 4.69) is 26.1 Å². The Morgan fingerprint density at radius 3 is 2.92 bits per heavy atom. The molecule has 2 rings (SSSR count). The summed E-state index contributed by atoms with van der Waals surface area (Å²) in [4.78, 5) is 11.1. The molecule has 0 fully saturated rings. The molecular formula is C8H6BrN3O. The van der Waals surface area contributed by atoms with Gasteiger partial charge in [0.05, 0.1) is 0 Å². The van der Waals surface area contributed by atoms with Crippen LogP contribution in [0.4, 0.5) is 0 Å². The highest BCUT2D eigenvalue weighted by Crippen LogP contribution is 2.12. The van der Waals surface area contributed by atoms with Gasteiger partial charge < -0.3 is 0 Å². The van der Waals surface area contributed by atoms with Crippen molar-refractivity contribution in [3.8, 4) is 0 Å². The molecule has 0 N–H and O–H groups in total. The van der Waals surface area contributed by atoms with Gasteiger partial charge in [0, 0.05) is 17.6 Å². The van der Waals surface area contributed by atoms with Crippen molar-refractivity contribution in [2.45, 2.75) is 6.92 Å². The molecule has 0 saturated heterocycles. The summed E-state index contributed by atoms with van der Waals surface area (Å²) in [6.07, 6.45) is 1.77. The number of fused-ring (bicyclic) bond motifs is 1. The Morgan fingerprint density at radius 2 is 2.23 bits per heavy atom. The van der Waals surface area contributed by atoms with E-state index in [-0.39, 0.29) is 5.78 Å². The average Bonchev–Trinajstić information content (AvgIpc) is 2.46. The van der Waals surface area contributed by atoms with E-state index >= 15 is 0 Å². The molecule has 0 spiro atoms. The second kappa shape index (κ2) is 2.92. The number of carbonyl (C=O) groups excluding carboxylic acids is 1. The van der Waals surface area contributed by atoms with Crippen LogP contribution in [0.25, 0.3) is 5.65 Å². The molecule has 0 aromatic carbocycles. The summed E-state index contributed by atoms with van der Waals surface area (Å²) in [6.45, 7) is 1.47. The third kappa shape index (κ3) is 1.35. The molecule has 5 heteroatoms. The molecule has 2 aromatic heterocycles. The number of rotatable bonds is 1. The zero-order valence-electron chi connectivity index (χ0n) is 6.86. The van der Waals surface area contributed by atoms with Crippen molar-refractivity contribution in [3.05, 3.63) is 28.6 Å². The molecule has 0 saturated carbocycles. The molecule has 13 heavy (non-hydrogen) atoms. The number of nitrogens with zero attached hydrogens (tertiary/aromatic N) is 3. The van der Waals surface area contributed by atoms with E-state index in [4.69, 9.17) is 0 Å². The van der Waals surface area contributed by atoms with Crippen molar-refractivity contribution in [1.29, 1.82) is 0 Å². The van der Waals surface area contributed by atoms with E-state index in [0.717, 1.165) is 4.47 Å². The Kier molecular flexibility index (Phi) is 1.88. The van der Waals surface area contributed by atoms with Crippen molar-refractivity contribution in [1.82, 2.24) is 14.6 Å². The smallest absolute Gasteiger partial charge is 0.204 e. The summed E-state index contributed by atoms with van der Waals surface area (Å²) in [5, 5.41) is 7.63. The number of hydrogen-bond donors (Lipinski definition) is 0. The lowest BCUT2D eigenvalue weighted by molar-refractivity contribution is 0.100. The van der Waals surface area contributed by atoms with Gasteiger partial charge in [-0.3, -0.25) is 9.20 Å². The maximum atomic E-state index is 11.1. The number of aromatic nitrogens is 3. The average molecular weight is 240 g/mol. The maximum Gasteiger partial charge on any atom is 0.204 e. The van der Waals surface area contributed by atoms with Gasteiger partial charge in [-0.25, -0.2) is 0 Å². The van der Waals surface area contributed by atoms with Crippen molar-refractivity contribution >= 4 is 27.4 Å². The van der Waals surface area contributed by atoms with Gasteiger partial charge in [-0.15, -0.1) is 10.2 Å². The number of carbonyl (C=O) groups is 1. The zero-order valence-corrected chi connectivity index (χ0v) is 8.45. The topological polar surface area (TPSA) is 47.3 Å². The van der Waals surface area contributed by atoms with E-state index in [1.165, 1.54) is 6.92 Å². The highest BCUT2D eigenvalue weighted by molar-refractivity contribution is 9.10. The van der Waals surface area contributed by atoms with Crippen LogP contribution in [0.1, 0.15) is 17.5 Å². The summed E-state index contributed by atoms with van der Waals surface area (Å²) in [5.74, 6) is 0.266. The Labute approximate surface area is 82.7 Å². The lowest BCUT2D eigenvalue weighted by Crippen LogP contribution is -1.99. The Morgan fingerprint density at radius 1 is 1.46 bits per heavy atom. The van der Waals surface area contributed by atoms with Gasteiger partial charge in [0.2, 0.25) is 5.82 Å². The molecule has 0 aliphatic carbocycles. The predicted octanol–water partition coefficient (Wildman–Crippen LogP) is 1.69. The van der Waals surface area contributed by atoms with Crippen LogP contribution in [0.2, 0.25) is 0 Å². The van der Waals surface area contributed by atoms with Crippen molar-refractivity contribution < 1.29 is 4.79 Å². The van der Waals surface area contributed by atoms with Gasteiger partial charge in [0.25, 0.3) is 0 Å². The molecule has 0 aliphatic heterocycles. The lowest BCUT2D eigenvalue weighted by atomic mass is 10.4. The van der Waals surface area contributed by atoms with Crippen molar-refractivity contribution in [3.63, 3.8) is 0 Å². The summed E-state index contributed by atoms with van der Waals surface area (Å²) >= 11 is 3.31. The SMILES string of the molecule is CC(=O)c1nnc2ccc(Br)cn12. The zero-order chi connectivity index (χ0) is 9.42. The molecule has 0 unspecified atom stereocenters. The van der Waals surface area contributed by atoms with Crippen LogP contribution >= 0.6 is 15.9 Å². The van der Waals surface area contributed by atoms with Crippen LogP contribution in [0.5, 0.6) is 0 Å². The largest absolute Gasteiger partial charge is 0.291 e. The van der Waals surface area contributed by atoms with Crippen LogP contribution in [0, 0.1) is 0 Å². The fourth-order valence-electron chi connectivity index (χ4n) is 1.10. The van der Waals surface area contributed by atoms with Crippen LogP contribution < -0.4 is 0 Å². The van der Waals surface area contributed by atoms with Gasteiger partial charge >= 0.3 is 0 Å². The Hall–Kier alpha value is -1.23. The molecule has 2 heterocycles. The first-order chi connectivity index (χ1) is 6.18. The number of pyridine rings is 1. The normalized spacial score (nSPS) is 10.6. The first-order valence-corrected chi connectivity index (χ1v) is 4.49. The van der Waals surface area contributed by atoms with Crippen LogP contribution in [0.3, 0.4) is 0 Å². The Balaban J connectivity index is 2.79. The highest BCUT2D eigenvalue weighted by atomic mass is 79.9. The maximum absolute atomic E-state index is 11.1. The number of ketones is 1. The van der Waals surface area contributed by atoms with Crippen LogP contribution in [-0.4, -0.2) is 20.4 Å².